The molecule has 7 heterocycles. The van der Waals surface area contributed by atoms with Crippen LogP contribution in [0.4, 0.5) is 20.5 Å². The average molecular weight is 921 g/mol. The zero-order chi connectivity index (χ0) is 43.3. The molecule has 4 aromatic heterocycles. The van der Waals surface area contributed by atoms with E-state index in [0.29, 0.717) is 17.8 Å². The average Bonchev–Trinajstić information content (AvgIpc) is 3.99. The van der Waals surface area contributed by atoms with Gasteiger partial charge in [0.2, 0.25) is 5.95 Å². The number of nitrogens with two attached hydrogens (primary N) is 2. The first-order valence-corrected chi connectivity index (χ1v) is 24.7. The van der Waals surface area contributed by atoms with Crippen molar-refractivity contribution in [1.29, 1.82) is 0 Å². The fourth-order valence-corrected chi connectivity index (χ4v) is 10.8. The van der Waals surface area contributed by atoms with E-state index in [2.05, 4.69) is 36.8 Å². The van der Waals surface area contributed by atoms with Gasteiger partial charge < -0.3 is 39.8 Å². The van der Waals surface area contributed by atoms with Crippen molar-refractivity contribution in [1.82, 2.24) is 39.0 Å². The Morgan fingerprint density at radius 1 is 0.902 bits per heavy atom. The van der Waals surface area contributed by atoms with E-state index >= 15 is 8.78 Å². The van der Waals surface area contributed by atoms with Crippen LogP contribution in [-0.2, 0) is 46.4 Å². The maximum atomic E-state index is 16.5. The summed E-state index contributed by atoms with van der Waals surface area (Å²) >= 11 is 0.407. The van der Waals surface area contributed by atoms with E-state index in [-0.39, 0.29) is 40.5 Å². The smallest absolute Gasteiger partial charge is 0.393 e. The van der Waals surface area contributed by atoms with Crippen molar-refractivity contribution in [2.24, 2.45) is 0 Å². The number of H-pyrrole nitrogens is 1. The minimum Gasteiger partial charge on any atom is -0.454 e. The van der Waals surface area contributed by atoms with Crippen LogP contribution < -0.4 is 17.0 Å². The number of carbonyl (C=O) groups excluding carboxylic acids is 1. The van der Waals surface area contributed by atoms with Crippen LogP contribution in [0, 0.1) is 0 Å². The molecule has 3 aliphatic rings. The number of unbranched alkanes of at least 4 members (excludes halogenated alkanes) is 8. The Bertz CT molecular complexity index is 2310. The van der Waals surface area contributed by atoms with Crippen molar-refractivity contribution in [2.45, 2.75) is 120 Å². The van der Waals surface area contributed by atoms with Crippen molar-refractivity contribution in [3.05, 3.63) is 29.3 Å². The van der Waals surface area contributed by atoms with Crippen molar-refractivity contribution in [3.63, 3.8) is 0 Å². The number of fused-ring (bicyclic) bond motifs is 5. The van der Waals surface area contributed by atoms with Crippen molar-refractivity contribution in [2.75, 3.05) is 37.0 Å². The molecule has 0 spiro atoms. The number of rotatable bonds is 15. The Morgan fingerprint density at radius 3 is 2.33 bits per heavy atom. The number of imidazole rings is 2. The first-order chi connectivity index (χ1) is 29.3. The fraction of sp³-hybridized carbons (Fsp3) is 0.676. The summed E-state index contributed by atoms with van der Waals surface area (Å²) in [5, 5.41) is 0. The Kier molecular flexibility index (Phi) is 14.7. The Labute approximate surface area is 350 Å². The number of hydrogen-bond donors (Lipinski definition) is 4. The maximum absolute atomic E-state index is 16.5. The predicted octanol–water partition coefficient (Wildman–Crippen LogP) is 4.82. The van der Waals surface area contributed by atoms with Gasteiger partial charge in [-0.1, -0.05) is 58.3 Å². The molecular formula is C34H48F2N10O12P2S. The van der Waals surface area contributed by atoms with Gasteiger partial charge >= 0.3 is 20.4 Å². The number of ether oxygens (including phenoxy) is 4. The molecule has 3 aliphatic heterocycles. The minimum atomic E-state index is -4.75. The number of nitrogens with one attached hydrogen (secondary N) is 1. The molecule has 22 nitrogen and oxygen atoms in total. The number of anilines is 2. The summed E-state index contributed by atoms with van der Waals surface area (Å²) in [6.07, 6.45) is -2.29. The second-order valence-electron chi connectivity index (χ2n) is 14.7. The number of nitrogen functional groups attached to an aromatic ring is 2. The second kappa shape index (κ2) is 19.8. The van der Waals surface area contributed by atoms with Gasteiger partial charge in [-0.15, -0.1) is 0 Å². The van der Waals surface area contributed by atoms with E-state index in [4.69, 9.17) is 44.0 Å². The van der Waals surface area contributed by atoms with Crippen molar-refractivity contribution < 1.29 is 60.1 Å². The van der Waals surface area contributed by atoms with E-state index < -0.39 is 101 Å². The standard InChI is InChI=1S/C34H48F2N10O12P2S/c1-2-3-4-5-6-7-8-9-10-11-21(47)53-18-61-60(51)55-13-20-26(23(36)32(57-20)45-15-41-24-28(37)39-14-40-29(24)45)52-17-59(49,50)54-12-19-22(35)27(58-60)33(56-19)46-16-42-25-30(46)43-34(38)44-31(25)48/h14-16,19-20,22-23,26-27,32-33H,2-13,17-18H2,1H3,(H,49,50)(H2,37,39,40)(H3,38,43,44,48)/t19-,20-,22-,23-,26-,27-,32-,33-,60?/m1/s1. The lowest BCUT2D eigenvalue weighted by molar-refractivity contribution is -0.141. The number of halogens is 2. The van der Waals surface area contributed by atoms with E-state index in [9.17, 15) is 23.6 Å². The SMILES string of the molecule is CCCCCCCCCCCC(=O)OCSP1(=O)OC[C@H]2O[C@@H](n3cnc4c(N)ncnc43)[C@H](F)[C@@H]2OCP(=O)(O)OC[C@H]2O[C@@H](n3cnc4c(=O)[nH]c(N)nc43)[C@H](O1)[C@@H]2F. The monoisotopic (exact) mass is 920 g/mol. The molecule has 6 N–H and O–H groups in total. The van der Waals surface area contributed by atoms with Crippen LogP contribution in [0.5, 0.6) is 0 Å². The third-order valence-corrected chi connectivity index (χ3v) is 14.7. The predicted molar refractivity (Wildman–Crippen MR) is 214 cm³/mol. The normalized spacial score (nSPS) is 31.0. The molecular weight excluding hydrogens is 872 g/mol. The fourth-order valence-electron chi connectivity index (χ4n) is 7.23. The summed E-state index contributed by atoms with van der Waals surface area (Å²) < 4.78 is 103. The van der Waals surface area contributed by atoms with Crippen LogP contribution in [-0.4, -0.2) is 112 Å². The van der Waals surface area contributed by atoms with E-state index in [1.807, 2.05) is 0 Å². The highest BCUT2D eigenvalue weighted by atomic mass is 32.7. The number of aromatic amines is 1. The van der Waals surface area contributed by atoms with Crippen LogP contribution in [0.1, 0.15) is 83.6 Å². The highest BCUT2D eigenvalue weighted by Gasteiger charge is 2.54. The summed E-state index contributed by atoms with van der Waals surface area (Å²) in [6.45, 7) is -4.18. The van der Waals surface area contributed by atoms with Gasteiger partial charge in [0.05, 0.1) is 25.9 Å². The summed E-state index contributed by atoms with van der Waals surface area (Å²) in [4.78, 5) is 58.6. The number of carbonyl (C=O) groups is 1. The maximum Gasteiger partial charge on any atom is 0.393 e. The third-order valence-electron chi connectivity index (χ3n) is 10.4. The molecule has 4 aromatic rings. The second-order valence-corrected chi connectivity index (χ2v) is 20.5. The van der Waals surface area contributed by atoms with Crippen LogP contribution in [0.2, 0.25) is 0 Å². The van der Waals surface area contributed by atoms with Gasteiger partial charge in [-0.3, -0.25) is 37.3 Å². The van der Waals surface area contributed by atoms with Crippen molar-refractivity contribution >= 4 is 65.8 Å². The molecule has 3 saturated heterocycles. The molecule has 2 bridgehead atoms. The van der Waals surface area contributed by atoms with E-state index in [1.54, 1.807) is 0 Å². The zero-order valence-corrected chi connectivity index (χ0v) is 35.6. The number of alkyl halides is 2. The molecule has 336 valence electrons. The van der Waals surface area contributed by atoms with Gasteiger partial charge in [-0.25, -0.2) is 33.3 Å². The highest BCUT2D eigenvalue weighted by molar-refractivity contribution is 8.55. The molecule has 0 aliphatic carbocycles. The van der Waals surface area contributed by atoms with E-state index in [0.717, 1.165) is 42.9 Å². The van der Waals surface area contributed by atoms with Gasteiger partial charge in [-0.05, 0) is 6.42 Å². The van der Waals surface area contributed by atoms with Gasteiger partial charge in [0.1, 0.15) is 48.5 Å². The Morgan fingerprint density at radius 2 is 1.57 bits per heavy atom. The Balaban J connectivity index is 1.12. The number of nitrogens with zero attached hydrogens (tertiary/aromatic N) is 7. The molecule has 27 heteroatoms. The van der Waals surface area contributed by atoms with E-state index in [1.165, 1.54) is 36.6 Å². The van der Waals surface area contributed by atoms with Gasteiger partial charge in [0, 0.05) is 17.8 Å². The molecule has 0 aromatic carbocycles. The molecule has 0 radical (unpaired) electrons. The molecule has 2 unspecified atom stereocenters. The molecule has 0 saturated carbocycles. The quantitative estimate of drug-likeness (QED) is 0.0538. The molecule has 7 rings (SSSR count). The lowest BCUT2D eigenvalue weighted by atomic mass is 10.1. The summed E-state index contributed by atoms with van der Waals surface area (Å²) in [6, 6.07) is 0. The van der Waals surface area contributed by atoms with Crippen LogP contribution in [0.3, 0.4) is 0 Å². The summed E-state index contributed by atoms with van der Waals surface area (Å²) in [5.74, 6) is -1.44. The lowest BCUT2D eigenvalue weighted by Gasteiger charge is -2.27. The lowest BCUT2D eigenvalue weighted by Crippen LogP contribution is -2.36. The van der Waals surface area contributed by atoms with Gasteiger partial charge in [0.15, 0.2) is 47.4 Å². The molecule has 61 heavy (non-hydrogen) atoms. The Hall–Kier alpha value is -3.64. The largest absolute Gasteiger partial charge is 0.454 e. The van der Waals surface area contributed by atoms with Gasteiger partial charge in [-0.2, -0.15) is 4.98 Å². The minimum absolute atomic E-state index is 0.00944. The first-order valence-electron chi connectivity index (χ1n) is 19.8. The third kappa shape index (κ3) is 10.6. The molecule has 10 atom stereocenters. The molecule has 3 fully saturated rings. The van der Waals surface area contributed by atoms with Crippen LogP contribution >= 0.6 is 25.8 Å². The number of aromatic nitrogens is 8. The van der Waals surface area contributed by atoms with Crippen LogP contribution in [0.15, 0.2) is 23.8 Å². The summed E-state index contributed by atoms with van der Waals surface area (Å²) in [7, 11) is -4.75. The van der Waals surface area contributed by atoms with Gasteiger partial charge in [0.25, 0.3) is 5.56 Å². The topological polar surface area (TPSA) is 295 Å². The highest BCUT2D eigenvalue weighted by Crippen LogP contribution is 2.64. The van der Waals surface area contributed by atoms with Crippen LogP contribution in [0.25, 0.3) is 22.3 Å². The number of hydrogen-bond acceptors (Lipinski definition) is 19. The number of esters is 1. The molecule has 0 amide bonds. The van der Waals surface area contributed by atoms with Crippen molar-refractivity contribution in [3.8, 4) is 0 Å². The zero-order valence-electron chi connectivity index (χ0n) is 33.0. The first kappa shape index (κ1) is 45.4. The summed E-state index contributed by atoms with van der Waals surface area (Å²) in [5.41, 5.74) is 10.8.